The van der Waals surface area contributed by atoms with E-state index in [0.717, 1.165) is 5.56 Å². The third kappa shape index (κ3) is 2.90. The van der Waals surface area contributed by atoms with Gasteiger partial charge in [-0.25, -0.2) is 0 Å². The van der Waals surface area contributed by atoms with E-state index in [-0.39, 0.29) is 12.3 Å². The number of carboxylic acid groups (broad SMARTS) is 1. The van der Waals surface area contributed by atoms with Crippen molar-refractivity contribution in [2.75, 3.05) is 0 Å². The van der Waals surface area contributed by atoms with Gasteiger partial charge in [-0.15, -0.1) is 0 Å². The van der Waals surface area contributed by atoms with E-state index < -0.39 is 5.97 Å². The van der Waals surface area contributed by atoms with E-state index in [1.54, 1.807) is 0 Å². The third-order valence-electron chi connectivity index (χ3n) is 2.09. The van der Waals surface area contributed by atoms with Gasteiger partial charge in [0.2, 0.25) is 0 Å². The van der Waals surface area contributed by atoms with E-state index in [9.17, 15) is 4.79 Å². The highest BCUT2D eigenvalue weighted by atomic mass is 16.4. The van der Waals surface area contributed by atoms with Crippen molar-refractivity contribution in [3.8, 4) is 0 Å². The summed E-state index contributed by atoms with van der Waals surface area (Å²) < 4.78 is 0. The van der Waals surface area contributed by atoms with Gasteiger partial charge in [-0.05, 0) is 18.4 Å². The van der Waals surface area contributed by atoms with Crippen molar-refractivity contribution in [2.24, 2.45) is 0 Å². The van der Waals surface area contributed by atoms with Crippen molar-refractivity contribution in [3.63, 3.8) is 0 Å². The minimum Gasteiger partial charge on any atom is -0.481 e. The van der Waals surface area contributed by atoms with Crippen LogP contribution in [-0.2, 0) is 4.79 Å². The minimum atomic E-state index is -0.742. The van der Waals surface area contributed by atoms with Gasteiger partial charge in [0.25, 0.3) is 0 Å². The fourth-order valence-electron chi connectivity index (χ4n) is 1.36. The molecule has 0 saturated heterocycles. The molecule has 0 saturated carbocycles. The highest BCUT2D eigenvalue weighted by Crippen LogP contribution is 2.19. The molecule has 2 heteroatoms. The molecule has 0 aliphatic rings. The monoisotopic (exact) mass is 178 g/mol. The van der Waals surface area contributed by atoms with E-state index in [4.69, 9.17) is 5.11 Å². The van der Waals surface area contributed by atoms with Crippen LogP contribution >= 0.6 is 0 Å². The maximum absolute atomic E-state index is 10.5. The van der Waals surface area contributed by atoms with Crippen molar-refractivity contribution in [2.45, 2.75) is 26.2 Å². The first kappa shape index (κ1) is 9.78. The molecule has 0 heterocycles. The lowest BCUT2D eigenvalue weighted by Gasteiger charge is -2.09. The van der Waals surface area contributed by atoms with Crippen molar-refractivity contribution in [3.05, 3.63) is 35.4 Å². The summed E-state index contributed by atoms with van der Waals surface area (Å²) in [5.74, 6) is -0.647. The summed E-state index contributed by atoms with van der Waals surface area (Å²) in [4.78, 5) is 10.5. The van der Waals surface area contributed by atoms with Gasteiger partial charge in [0, 0.05) is 0 Å². The SMILES string of the molecule is Cc1cccc([C@@H](C)CC(=O)O)c1. The fourth-order valence-corrected chi connectivity index (χ4v) is 1.36. The van der Waals surface area contributed by atoms with Crippen molar-refractivity contribution in [1.29, 1.82) is 0 Å². The average Bonchev–Trinajstić information content (AvgIpc) is 2.03. The summed E-state index contributed by atoms with van der Waals surface area (Å²) in [5.41, 5.74) is 2.28. The predicted octanol–water partition coefficient (Wildman–Crippen LogP) is 2.57. The van der Waals surface area contributed by atoms with Gasteiger partial charge in [-0.2, -0.15) is 0 Å². The van der Waals surface area contributed by atoms with Crippen LogP contribution in [0, 0.1) is 6.92 Å². The molecule has 1 aromatic carbocycles. The number of rotatable bonds is 3. The van der Waals surface area contributed by atoms with Crippen molar-refractivity contribution < 1.29 is 9.90 Å². The van der Waals surface area contributed by atoms with E-state index in [1.165, 1.54) is 5.56 Å². The number of aryl methyl sites for hydroxylation is 1. The van der Waals surface area contributed by atoms with Crippen LogP contribution in [0.4, 0.5) is 0 Å². The molecule has 70 valence electrons. The Labute approximate surface area is 78.2 Å². The molecule has 1 N–H and O–H groups in total. The largest absolute Gasteiger partial charge is 0.481 e. The lowest BCUT2D eigenvalue weighted by molar-refractivity contribution is -0.137. The zero-order valence-electron chi connectivity index (χ0n) is 7.95. The van der Waals surface area contributed by atoms with E-state index >= 15 is 0 Å². The summed E-state index contributed by atoms with van der Waals surface area (Å²) in [5, 5.41) is 8.61. The summed E-state index contributed by atoms with van der Waals surface area (Å²) in [6.07, 6.45) is 0.198. The molecule has 0 aliphatic carbocycles. The summed E-state index contributed by atoms with van der Waals surface area (Å²) in [6.45, 7) is 3.94. The normalized spacial score (nSPS) is 12.5. The molecular weight excluding hydrogens is 164 g/mol. The molecule has 0 unspecified atom stereocenters. The number of aliphatic carboxylic acids is 1. The molecule has 2 nitrogen and oxygen atoms in total. The summed E-state index contributed by atoms with van der Waals surface area (Å²) >= 11 is 0. The second kappa shape index (κ2) is 4.08. The molecule has 1 rings (SSSR count). The highest BCUT2D eigenvalue weighted by Gasteiger charge is 2.09. The van der Waals surface area contributed by atoms with Crippen molar-refractivity contribution >= 4 is 5.97 Å². The van der Waals surface area contributed by atoms with Gasteiger partial charge >= 0.3 is 5.97 Å². The topological polar surface area (TPSA) is 37.3 Å². The Morgan fingerprint density at radius 2 is 2.23 bits per heavy atom. The Morgan fingerprint density at radius 3 is 2.77 bits per heavy atom. The van der Waals surface area contributed by atoms with Crippen molar-refractivity contribution in [1.82, 2.24) is 0 Å². The molecule has 0 radical (unpaired) electrons. The Hall–Kier alpha value is -1.31. The van der Waals surface area contributed by atoms with Crippen LogP contribution in [0.15, 0.2) is 24.3 Å². The molecule has 0 bridgehead atoms. The van der Waals surface area contributed by atoms with Gasteiger partial charge < -0.3 is 5.11 Å². The molecular formula is C11H14O2. The van der Waals surface area contributed by atoms with Gasteiger partial charge in [0.1, 0.15) is 0 Å². The average molecular weight is 178 g/mol. The Bertz CT molecular complexity index is 305. The first-order valence-electron chi connectivity index (χ1n) is 4.38. The van der Waals surface area contributed by atoms with Crippen LogP contribution in [0.1, 0.15) is 30.4 Å². The van der Waals surface area contributed by atoms with Crippen LogP contribution in [0.3, 0.4) is 0 Å². The molecule has 1 atom stereocenters. The second-order valence-corrected chi connectivity index (χ2v) is 3.41. The van der Waals surface area contributed by atoms with E-state index in [0.29, 0.717) is 0 Å². The number of hydrogen-bond donors (Lipinski definition) is 1. The number of benzene rings is 1. The zero-order valence-corrected chi connectivity index (χ0v) is 7.95. The molecule has 13 heavy (non-hydrogen) atoms. The lowest BCUT2D eigenvalue weighted by atomic mass is 9.97. The maximum Gasteiger partial charge on any atom is 0.303 e. The van der Waals surface area contributed by atoms with E-state index in [2.05, 4.69) is 0 Å². The predicted molar refractivity (Wildman–Crippen MR) is 51.8 cm³/mol. The molecule has 0 aromatic heterocycles. The summed E-state index contributed by atoms with van der Waals surface area (Å²) in [6, 6.07) is 7.98. The third-order valence-corrected chi connectivity index (χ3v) is 2.09. The smallest absolute Gasteiger partial charge is 0.303 e. The first-order valence-corrected chi connectivity index (χ1v) is 4.38. The second-order valence-electron chi connectivity index (χ2n) is 3.41. The number of carbonyl (C=O) groups is 1. The number of hydrogen-bond acceptors (Lipinski definition) is 1. The lowest BCUT2D eigenvalue weighted by Crippen LogP contribution is -2.02. The van der Waals surface area contributed by atoms with Crippen LogP contribution < -0.4 is 0 Å². The van der Waals surface area contributed by atoms with Gasteiger partial charge in [-0.1, -0.05) is 36.8 Å². The molecule has 0 amide bonds. The van der Waals surface area contributed by atoms with Crippen LogP contribution in [0.2, 0.25) is 0 Å². The Balaban J connectivity index is 2.76. The first-order chi connectivity index (χ1) is 6.09. The Morgan fingerprint density at radius 1 is 1.54 bits per heavy atom. The molecule has 0 spiro atoms. The standard InChI is InChI=1S/C11H14O2/c1-8-4-3-5-10(6-8)9(2)7-11(12)13/h3-6,9H,7H2,1-2H3,(H,12,13)/t9-/m0/s1. The summed E-state index contributed by atoms with van der Waals surface area (Å²) in [7, 11) is 0. The van der Waals surface area contributed by atoms with Gasteiger partial charge in [0.15, 0.2) is 0 Å². The van der Waals surface area contributed by atoms with Crippen LogP contribution in [0.25, 0.3) is 0 Å². The quantitative estimate of drug-likeness (QED) is 0.772. The maximum atomic E-state index is 10.5. The zero-order chi connectivity index (χ0) is 9.84. The van der Waals surface area contributed by atoms with Gasteiger partial charge in [-0.3, -0.25) is 4.79 Å². The van der Waals surface area contributed by atoms with E-state index in [1.807, 2.05) is 38.1 Å². The molecule has 1 aromatic rings. The molecule has 0 fully saturated rings. The minimum absolute atomic E-state index is 0.0948. The van der Waals surface area contributed by atoms with Crippen LogP contribution in [0.5, 0.6) is 0 Å². The fraction of sp³-hybridized carbons (Fsp3) is 0.364. The molecule has 0 aliphatic heterocycles. The highest BCUT2D eigenvalue weighted by molar-refractivity contribution is 5.67. The number of carboxylic acids is 1. The Kier molecular flexibility index (Phi) is 3.07. The van der Waals surface area contributed by atoms with Gasteiger partial charge in [0.05, 0.1) is 6.42 Å². The van der Waals surface area contributed by atoms with Crippen LogP contribution in [-0.4, -0.2) is 11.1 Å².